The highest BCUT2D eigenvalue weighted by Gasteiger charge is 2.44. The number of aliphatic hydroxyl groups excluding tert-OH is 7. The molecule has 1 saturated heterocycles. The molecule has 8 N–H and O–H groups in total. The van der Waals surface area contributed by atoms with Crippen LogP contribution in [0.5, 0.6) is 0 Å². The van der Waals surface area contributed by atoms with E-state index in [9.17, 15) is 40.5 Å². The van der Waals surface area contributed by atoms with Crippen molar-refractivity contribution in [3.8, 4) is 0 Å². The van der Waals surface area contributed by atoms with Crippen molar-refractivity contribution >= 4 is 5.91 Å². The quantitative estimate of drug-likeness (QED) is 0.0272. The molecular formula is C67H133NO10. The maximum Gasteiger partial charge on any atom is 0.249 e. The van der Waals surface area contributed by atoms with Crippen LogP contribution < -0.4 is 5.32 Å². The van der Waals surface area contributed by atoms with Crippen LogP contribution in [-0.4, -0.2) is 110 Å². The van der Waals surface area contributed by atoms with Crippen molar-refractivity contribution in [3.05, 3.63) is 0 Å². The van der Waals surface area contributed by atoms with E-state index >= 15 is 0 Å². The number of aliphatic hydroxyl groups is 7. The van der Waals surface area contributed by atoms with E-state index < -0.39 is 74.2 Å². The minimum absolute atomic E-state index is 0.267. The van der Waals surface area contributed by atoms with Gasteiger partial charge in [-0.2, -0.15) is 0 Å². The number of ether oxygens (including phenoxy) is 2. The van der Waals surface area contributed by atoms with E-state index in [-0.39, 0.29) is 6.42 Å². The molecule has 11 heteroatoms. The van der Waals surface area contributed by atoms with Crippen LogP contribution in [0.25, 0.3) is 0 Å². The van der Waals surface area contributed by atoms with Gasteiger partial charge in [0.2, 0.25) is 5.91 Å². The van der Waals surface area contributed by atoms with Crippen LogP contribution in [0.1, 0.15) is 354 Å². The molecule has 0 aliphatic carbocycles. The summed E-state index contributed by atoms with van der Waals surface area (Å²) in [5.74, 6) is -0.689. The van der Waals surface area contributed by atoms with Gasteiger partial charge in [0, 0.05) is 0 Å². The van der Waals surface area contributed by atoms with Crippen molar-refractivity contribution in [2.75, 3.05) is 13.2 Å². The summed E-state index contributed by atoms with van der Waals surface area (Å²) in [6.07, 6.45) is 56.5. The van der Waals surface area contributed by atoms with Crippen molar-refractivity contribution in [1.82, 2.24) is 5.32 Å². The number of rotatable bonds is 61. The summed E-state index contributed by atoms with van der Waals surface area (Å²) in [5, 5.41) is 76.2. The van der Waals surface area contributed by atoms with E-state index in [1.807, 2.05) is 0 Å². The lowest BCUT2D eigenvalue weighted by Gasteiger charge is -2.40. The predicted octanol–water partition coefficient (Wildman–Crippen LogP) is 16.1. The summed E-state index contributed by atoms with van der Waals surface area (Å²) in [7, 11) is 0. The number of nitrogens with one attached hydrogen (secondary N) is 1. The standard InChI is InChI=1S/C67H133NO10/c1-3-5-7-9-11-13-15-17-18-19-20-21-22-23-24-25-26-27-28-29-30-31-32-33-34-35-36-37-38-39-40-41-43-45-47-49-51-53-55-60(71)66(76)68-58(57-77-67-65(75)64(74)63(73)61(56-69)78-67)62(72)59(70)54-52-50-48-46-44-42-16-14-12-10-8-6-4-2/h58-65,67,69-75H,3-57H2,1-2H3,(H,68,76). The van der Waals surface area contributed by atoms with Crippen molar-refractivity contribution in [1.29, 1.82) is 0 Å². The van der Waals surface area contributed by atoms with E-state index in [4.69, 9.17) is 9.47 Å². The van der Waals surface area contributed by atoms with Crippen LogP contribution in [0.2, 0.25) is 0 Å². The molecule has 0 aromatic carbocycles. The summed E-state index contributed by atoms with van der Waals surface area (Å²) < 4.78 is 11.2. The van der Waals surface area contributed by atoms with E-state index in [0.717, 1.165) is 38.5 Å². The number of amides is 1. The lowest BCUT2D eigenvalue weighted by molar-refractivity contribution is -0.303. The number of hydrogen-bond acceptors (Lipinski definition) is 10. The second kappa shape index (κ2) is 56.6. The predicted molar refractivity (Wildman–Crippen MR) is 326 cm³/mol. The first-order valence-electron chi connectivity index (χ1n) is 34.4. The Bertz CT molecular complexity index is 1230. The molecule has 78 heavy (non-hydrogen) atoms. The first-order valence-corrected chi connectivity index (χ1v) is 34.4. The molecule has 0 aromatic heterocycles. The molecule has 0 saturated carbocycles. The van der Waals surface area contributed by atoms with Gasteiger partial charge in [-0.25, -0.2) is 0 Å². The zero-order valence-corrected chi connectivity index (χ0v) is 51.4. The highest BCUT2D eigenvalue weighted by atomic mass is 16.7. The highest BCUT2D eigenvalue weighted by Crippen LogP contribution is 2.24. The summed E-state index contributed by atoms with van der Waals surface area (Å²) in [6, 6.07) is -1.16. The molecule has 1 amide bonds. The number of unbranched alkanes of at least 4 members (excludes halogenated alkanes) is 49. The lowest BCUT2D eigenvalue weighted by Crippen LogP contribution is -2.60. The Morgan fingerprint density at radius 3 is 0.949 bits per heavy atom. The summed E-state index contributed by atoms with van der Waals surface area (Å²) in [4.78, 5) is 13.2. The Balaban J connectivity index is 2.07. The van der Waals surface area contributed by atoms with Crippen molar-refractivity contribution in [2.24, 2.45) is 0 Å². The minimum Gasteiger partial charge on any atom is -0.394 e. The smallest absolute Gasteiger partial charge is 0.249 e. The normalized spacial score (nSPS) is 19.3. The van der Waals surface area contributed by atoms with Crippen molar-refractivity contribution in [2.45, 2.75) is 409 Å². The van der Waals surface area contributed by atoms with Gasteiger partial charge in [0.05, 0.1) is 25.4 Å². The molecular weight excluding hydrogens is 979 g/mol. The third-order valence-corrected chi connectivity index (χ3v) is 17.2. The van der Waals surface area contributed by atoms with Gasteiger partial charge in [-0.1, -0.05) is 341 Å². The fourth-order valence-corrected chi connectivity index (χ4v) is 11.6. The second-order valence-corrected chi connectivity index (χ2v) is 24.6. The van der Waals surface area contributed by atoms with Gasteiger partial charge in [0.15, 0.2) is 6.29 Å². The Morgan fingerprint density at radius 1 is 0.397 bits per heavy atom. The Morgan fingerprint density at radius 2 is 0.667 bits per heavy atom. The summed E-state index contributed by atoms with van der Waals surface area (Å²) >= 11 is 0. The van der Waals surface area contributed by atoms with Crippen LogP contribution in [0, 0.1) is 0 Å². The largest absolute Gasteiger partial charge is 0.394 e. The maximum atomic E-state index is 13.2. The van der Waals surface area contributed by atoms with Gasteiger partial charge in [-0.15, -0.1) is 0 Å². The Hall–Kier alpha value is -0.890. The molecule has 1 aliphatic heterocycles. The molecule has 1 rings (SSSR count). The SMILES string of the molecule is CCCCCCCCCCCCCCCCCCCCCCCCCCCCCCCCCCCCCCCCC(O)C(=O)NC(COC1OC(CO)C(O)C(O)C1O)C(O)C(O)CCCCCCCCCCCCCCC. The molecule has 0 radical (unpaired) electrons. The third-order valence-electron chi connectivity index (χ3n) is 17.2. The highest BCUT2D eigenvalue weighted by molar-refractivity contribution is 5.80. The Kier molecular flexibility index (Phi) is 54.5. The summed E-state index contributed by atoms with van der Waals surface area (Å²) in [6.45, 7) is 3.49. The maximum absolute atomic E-state index is 13.2. The molecule has 9 unspecified atom stereocenters. The molecule has 0 aromatic rings. The van der Waals surface area contributed by atoms with E-state index in [2.05, 4.69) is 19.2 Å². The molecule has 9 atom stereocenters. The minimum atomic E-state index is -1.66. The van der Waals surface area contributed by atoms with Crippen LogP contribution >= 0.6 is 0 Å². The van der Waals surface area contributed by atoms with Crippen LogP contribution in [-0.2, 0) is 14.3 Å². The number of hydrogen-bond donors (Lipinski definition) is 8. The van der Waals surface area contributed by atoms with E-state index in [0.29, 0.717) is 19.3 Å². The van der Waals surface area contributed by atoms with Crippen molar-refractivity contribution < 1.29 is 50.0 Å². The van der Waals surface area contributed by atoms with Gasteiger partial charge in [0.25, 0.3) is 0 Å². The fraction of sp³-hybridized carbons (Fsp3) is 0.985. The zero-order valence-electron chi connectivity index (χ0n) is 51.4. The molecule has 1 fully saturated rings. The average molecular weight is 1110 g/mol. The monoisotopic (exact) mass is 1110 g/mol. The first kappa shape index (κ1) is 75.1. The van der Waals surface area contributed by atoms with Crippen LogP contribution in [0.3, 0.4) is 0 Å². The third kappa shape index (κ3) is 43.7. The zero-order chi connectivity index (χ0) is 56.8. The molecule has 0 spiro atoms. The second-order valence-electron chi connectivity index (χ2n) is 24.6. The summed E-state index contributed by atoms with van der Waals surface area (Å²) in [5.41, 5.74) is 0. The fourth-order valence-electron chi connectivity index (χ4n) is 11.6. The van der Waals surface area contributed by atoms with Gasteiger partial charge < -0.3 is 50.5 Å². The lowest BCUT2D eigenvalue weighted by atomic mass is 9.98. The van der Waals surface area contributed by atoms with Gasteiger partial charge >= 0.3 is 0 Å². The van der Waals surface area contributed by atoms with Crippen LogP contribution in [0.15, 0.2) is 0 Å². The topological polar surface area (TPSA) is 189 Å². The van der Waals surface area contributed by atoms with Gasteiger partial charge in [-0.05, 0) is 12.8 Å². The first-order chi connectivity index (χ1) is 38.2. The molecule has 11 nitrogen and oxygen atoms in total. The number of carbonyl (C=O) groups is 1. The average Bonchev–Trinajstić information content (AvgIpc) is 3.44. The number of carbonyl (C=O) groups excluding carboxylic acids is 1. The molecule has 0 bridgehead atoms. The molecule has 1 heterocycles. The van der Waals surface area contributed by atoms with E-state index in [1.54, 1.807) is 0 Å². The molecule has 466 valence electrons. The van der Waals surface area contributed by atoms with E-state index in [1.165, 1.54) is 276 Å². The van der Waals surface area contributed by atoms with Crippen LogP contribution in [0.4, 0.5) is 0 Å². The molecule has 1 aliphatic rings. The van der Waals surface area contributed by atoms with Gasteiger partial charge in [0.1, 0.15) is 36.6 Å². The van der Waals surface area contributed by atoms with Crippen molar-refractivity contribution in [3.63, 3.8) is 0 Å². The van der Waals surface area contributed by atoms with Gasteiger partial charge in [-0.3, -0.25) is 4.79 Å². The Labute approximate surface area is 481 Å².